The fraction of sp³-hybridized carbons (Fsp3) is 0.0625. The smallest absolute Gasteiger partial charge is 0.291 e. The van der Waals surface area contributed by atoms with E-state index < -0.39 is 0 Å². The molecule has 0 aliphatic heterocycles. The molecule has 0 saturated heterocycles. The first kappa shape index (κ1) is 17.6. The van der Waals surface area contributed by atoms with Crippen LogP contribution >= 0.6 is 0 Å². The van der Waals surface area contributed by atoms with Crippen LogP contribution in [0.1, 0.15) is 5.69 Å². The molecule has 3 rings (SSSR count). The molecule has 0 atom stereocenters. The summed E-state index contributed by atoms with van der Waals surface area (Å²) in [6.07, 6.45) is 7.06. The molecule has 1 heterocycles. The number of aliphatic hydroxyl groups is 1. The van der Waals surface area contributed by atoms with Crippen LogP contribution in [0, 0.1) is 6.92 Å². The third-order valence-electron chi connectivity index (χ3n) is 2.51. The number of aryl methyl sites for hydroxylation is 1. The van der Waals surface area contributed by atoms with E-state index in [9.17, 15) is 5.11 Å². The summed E-state index contributed by atoms with van der Waals surface area (Å²) in [5.41, 5.74) is 6.73. The first-order valence-corrected chi connectivity index (χ1v) is 6.39. The number of ether oxygens (including phenoxy) is 1. The van der Waals surface area contributed by atoms with Crippen molar-refractivity contribution >= 4 is 5.95 Å². The van der Waals surface area contributed by atoms with Gasteiger partial charge in [0.2, 0.25) is 11.8 Å². The number of aromatic nitrogens is 2. The Kier molecular flexibility index (Phi) is 7.02. The first-order chi connectivity index (χ1) is 10.1. The van der Waals surface area contributed by atoms with E-state index >= 15 is 0 Å². The van der Waals surface area contributed by atoms with Gasteiger partial charge >= 0.3 is 0 Å². The van der Waals surface area contributed by atoms with Gasteiger partial charge in [-0.3, -0.25) is 0 Å². The van der Waals surface area contributed by atoms with Crippen LogP contribution in [0.4, 0.5) is 5.95 Å². The summed E-state index contributed by atoms with van der Waals surface area (Å²) >= 11 is 0. The van der Waals surface area contributed by atoms with Gasteiger partial charge in [0.1, 0.15) is 0 Å². The largest absolute Gasteiger partial charge is 0.480 e. The zero-order valence-corrected chi connectivity index (χ0v) is 13.1. The summed E-state index contributed by atoms with van der Waals surface area (Å²) in [5, 5.41) is 9.64. The topological polar surface area (TPSA) is 81.3 Å². The average Bonchev–Trinajstić information content (AvgIpc) is 3.14. The molecule has 0 unspecified atom stereocenters. The zero-order valence-electron chi connectivity index (χ0n) is 12.0. The molecular weight excluding hydrogens is 322 g/mol. The van der Waals surface area contributed by atoms with Gasteiger partial charge < -0.3 is 15.6 Å². The van der Waals surface area contributed by atoms with E-state index in [1.807, 2.05) is 30.3 Å². The second kappa shape index (κ2) is 8.77. The number of hydrogen-bond donors (Lipinski definition) is 2. The number of nitrogen functional groups attached to an aromatic ring is 1. The van der Waals surface area contributed by atoms with Gasteiger partial charge in [-0.1, -0.05) is 12.2 Å². The number of nitrogens with zero attached hydrogens (tertiary/aromatic N) is 2. The second-order valence-electron chi connectivity index (χ2n) is 4.25. The van der Waals surface area contributed by atoms with Crippen molar-refractivity contribution in [2.45, 2.75) is 6.92 Å². The van der Waals surface area contributed by atoms with Gasteiger partial charge in [-0.2, -0.15) is 23.2 Å². The van der Waals surface area contributed by atoms with Crippen LogP contribution in [0.5, 0.6) is 5.88 Å². The van der Waals surface area contributed by atoms with Crippen molar-refractivity contribution in [3.05, 3.63) is 77.9 Å². The Balaban J connectivity index is 0.000000344. The fourth-order valence-electron chi connectivity index (χ4n) is 1.61. The van der Waals surface area contributed by atoms with Crippen LogP contribution in [0.15, 0.2) is 72.2 Å². The van der Waals surface area contributed by atoms with Gasteiger partial charge in [-0.25, -0.2) is 17.1 Å². The predicted molar refractivity (Wildman–Crippen MR) is 81.8 cm³/mol. The van der Waals surface area contributed by atoms with E-state index in [-0.39, 0.29) is 34.8 Å². The van der Waals surface area contributed by atoms with Gasteiger partial charge in [0.05, 0.1) is 5.57 Å². The van der Waals surface area contributed by atoms with Crippen LogP contribution in [0.3, 0.4) is 0 Å². The second-order valence-corrected chi connectivity index (χ2v) is 4.25. The Morgan fingerprint density at radius 2 is 1.82 bits per heavy atom. The quantitative estimate of drug-likeness (QED) is 0.500. The molecule has 116 valence electrons. The molecule has 0 radical (unpaired) electrons. The maximum Gasteiger partial charge on any atom is 0.291 e. The van der Waals surface area contributed by atoms with Crippen LogP contribution in [-0.4, -0.2) is 15.1 Å². The van der Waals surface area contributed by atoms with Gasteiger partial charge in [0.15, 0.2) is 0 Å². The summed E-state index contributed by atoms with van der Waals surface area (Å²) in [4.78, 5) is 7.75. The van der Waals surface area contributed by atoms with E-state index in [2.05, 4.69) is 9.97 Å². The van der Waals surface area contributed by atoms with E-state index in [1.54, 1.807) is 37.3 Å². The fourth-order valence-corrected chi connectivity index (χ4v) is 1.61. The van der Waals surface area contributed by atoms with Gasteiger partial charge in [0.25, 0.3) is 5.95 Å². The normalized spacial score (nSPS) is 11.4. The van der Waals surface area contributed by atoms with Crippen LogP contribution in [0.2, 0.25) is 0 Å². The van der Waals surface area contributed by atoms with Crippen molar-refractivity contribution in [3.8, 4) is 5.88 Å². The Morgan fingerprint density at radius 3 is 2.32 bits per heavy atom. The van der Waals surface area contributed by atoms with Crippen molar-refractivity contribution < 1.29 is 26.9 Å². The number of nitrogens with two attached hydrogens (primary N) is 1. The molecule has 0 amide bonds. The molecule has 0 fully saturated rings. The first-order valence-electron chi connectivity index (χ1n) is 6.39. The van der Waals surface area contributed by atoms with E-state index in [0.717, 1.165) is 0 Å². The molecule has 3 N–H and O–H groups in total. The minimum atomic E-state index is -0.206. The summed E-state index contributed by atoms with van der Waals surface area (Å²) in [6, 6.07) is 11.6. The van der Waals surface area contributed by atoms with Crippen LogP contribution < -0.4 is 10.5 Å². The number of anilines is 1. The Bertz CT molecular complexity index is 625. The third-order valence-corrected chi connectivity index (χ3v) is 2.51. The molecule has 1 aromatic carbocycles. The summed E-state index contributed by atoms with van der Waals surface area (Å²) < 4.78 is 5.16. The Labute approximate surface area is 139 Å². The molecule has 22 heavy (non-hydrogen) atoms. The number of rotatable bonds is 2. The van der Waals surface area contributed by atoms with Gasteiger partial charge in [0, 0.05) is 28.8 Å². The molecule has 6 heteroatoms. The molecule has 1 aromatic heterocycles. The van der Waals surface area contributed by atoms with E-state index in [4.69, 9.17) is 10.5 Å². The standard InChI is InChI=1S/C11H11N3O2.C5H5.Fe/c1-7-6-9(14-11(12)13-7)16-10(15)8-4-2-3-5-8;1-2-4-5-3-1;/h2-6,15H,1H3,(H2,12,13,14);1-5H;/q;-1;. The maximum atomic E-state index is 9.64. The van der Waals surface area contributed by atoms with Gasteiger partial charge in [-0.15, -0.1) is 0 Å². The molecule has 5 nitrogen and oxygen atoms in total. The SMILES string of the molecule is Cc1cc(OC(O)=C2C=CC=C2)nc(N)n1.[Fe].c1cc[cH-]c1. The zero-order chi connectivity index (χ0) is 15.1. The van der Waals surface area contributed by atoms with E-state index in [1.165, 1.54) is 0 Å². The molecule has 1 aliphatic rings. The Hall–Kier alpha value is -2.43. The molecule has 1 aliphatic carbocycles. The van der Waals surface area contributed by atoms with Gasteiger partial charge in [-0.05, 0) is 19.1 Å². The Morgan fingerprint density at radius 1 is 1.18 bits per heavy atom. The molecular formula is C16H16FeN3O2-. The van der Waals surface area contributed by atoms with Crippen molar-refractivity contribution in [1.29, 1.82) is 0 Å². The minimum absolute atomic E-state index is 0. The third kappa shape index (κ3) is 5.52. The summed E-state index contributed by atoms with van der Waals surface area (Å²) in [7, 11) is 0. The van der Waals surface area contributed by atoms with Crippen molar-refractivity contribution in [2.75, 3.05) is 5.73 Å². The van der Waals surface area contributed by atoms with Crippen molar-refractivity contribution in [1.82, 2.24) is 9.97 Å². The van der Waals surface area contributed by atoms with E-state index in [0.29, 0.717) is 11.3 Å². The molecule has 0 bridgehead atoms. The number of aliphatic hydroxyl groups excluding tert-OH is 1. The maximum absolute atomic E-state index is 9.64. The average molecular weight is 338 g/mol. The van der Waals surface area contributed by atoms with Crippen molar-refractivity contribution in [2.24, 2.45) is 0 Å². The number of allylic oxidation sites excluding steroid dienone is 5. The van der Waals surface area contributed by atoms with Crippen molar-refractivity contribution in [3.63, 3.8) is 0 Å². The minimum Gasteiger partial charge on any atom is -0.480 e. The molecule has 0 saturated carbocycles. The molecule has 0 spiro atoms. The number of hydrogen-bond acceptors (Lipinski definition) is 5. The summed E-state index contributed by atoms with van der Waals surface area (Å²) in [5.74, 6) is 0.136. The monoisotopic (exact) mass is 338 g/mol. The van der Waals surface area contributed by atoms with Crippen LogP contribution in [-0.2, 0) is 17.1 Å². The summed E-state index contributed by atoms with van der Waals surface area (Å²) in [6.45, 7) is 1.77. The predicted octanol–water partition coefficient (Wildman–Crippen LogP) is 3.04. The van der Waals surface area contributed by atoms with Crippen LogP contribution in [0.25, 0.3) is 0 Å². The molecule has 2 aromatic rings.